The summed E-state index contributed by atoms with van der Waals surface area (Å²) in [6.07, 6.45) is 9.65. The lowest BCUT2D eigenvalue weighted by atomic mass is 9.79. The number of hydrazone groups is 1. The average molecular weight is 408 g/mol. The first kappa shape index (κ1) is 17.9. The fourth-order valence-corrected chi connectivity index (χ4v) is 4.32. The average Bonchev–Trinajstić information content (AvgIpc) is 3.48. The molecule has 0 bridgehead atoms. The van der Waals surface area contributed by atoms with Gasteiger partial charge in [0.05, 0.1) is 23.8 Å². The minimum atomic E-state index is -0.316. The number of carbonyl (C=O) groups is 1. The van der Waals surface area contributed by atoms with Crippen LogP contribution in [-0.4, -0.2) is 21.6 Å². The van der Waals surface area contributed by atoms with Crippen LogP contribution in [-0.2, 0) is 0 Å². The van der Waals surface area contributed by atoms with E-state index in [-0.39, 0.29) is 23.0 Å². The maximum Gasteiger partial charge on any atom is 0.277 e. The zero-order valence-corrected chi connectivity index (χ0v) is 16.2. The van der Waals surface area contributed by atoms with Gasteiger partial charge in [0.2, 0.25) is 0 Å². The van der Waals surface area contributed by atoms with Crippen molar-refractivity contribution < 1.29 is 13.6 Å². The first-order chi connectivity index (χ1) is 14.2. The molecule has 0 aromatic carbocycles. The zero-order chi connectivity index (χ0) is 19.8. The second-order valence-corrected chi connectivity index (χ2v) is 7.48. The number of amides is 1. The second kappa shape index (κ2) is 7.37. The molecule has 2 aliphatic rings. The Morgan fingerprint density at radius 1 is 1.17 bits per heavy atom. The monoisotopic (exact) mass is 407 g/mol. The molecule has 0 saturated heterocycles. The van der Waals surface area contributed by atoms with Crippen LogP contribution in [0.15, 0.2) is 74.6 Å². The maximum absolute atomic E-state index is 13.4. The van der Waals surface area contributed by atoms with Crippen LogP contribution in [0.4, 0.5) is 0 Å². The normalized spacial score (nSPS) is 22.6. The molecular weight excluding hydrogens is 390 g/mol. The van der Waals surface area contributed by atoms with Crippen molar-refractivity contribution in [1.82, 2.24) is 9.99 Å². The van der Waals surface area contributed by atoms with Gasteiger partial charge in [0.15, 0.2) is 0 Å². The molecule has 2 atom stereocenters. The molecule has 2 unspecified atom stereocenters. The van der Waals surface area contributed by atoms with Crippen molar-refractivity contribution in [3.63, 3.8) is 0 Å². The third-order valence-electron chi connectivity index (χ3n) is 5.39. The van der Waals surface area contributed by atoms with Crippen LogP contribution in [0.5, 0.6) is 0 Å². The third kappa shape index (κ3) is 3.19. The summed E-state index contributed by atoms with van der Waals surface area (Å²) in [5.74, 6) is 1.25. The number of aromatic nitrogens is 1. The minimum absolute atomic E-state index is 0.0514. The Kier molecular flexibility index (Phi) is 4.56. The molecule has 1 saturated carbocycles. The van der Waals surface area contributed by atoms with Gasteiger partial charge in [-0.1, -0.05) is 11.6 Å². The highest BCUT2D eigenvalue weighted by molar-refractivity contribution is 6.32. The van der Waals surface area contributed by atoms with Crippen LogP contribution in [0.1, 0.15) is 47.2 Å². The largest absolute Gasteiger partial charge is 0.467 e. The summed E-state index contributed by atoms with van der Waals surface area (Å²) in [5.41, 5.74) is 2.31. The summed E-state index contributed by atoms with van der Waals surface area (Å²) >= 11 is 6.19. The Balaban J connectivity index is 1.59. The van der Waals surface area contributed by atoms with Crippen LogP contribution < -0.4 is 0 Å². The topological polar surface area (TPSA) is 71.8 Å². The van der Waals surface area contributed by atoms with Gasteiger partial charge < -0.3 is 8.83 Å². The van der Waals surface area contributed by atoms with E-state index in [4.69, 9.17) is 25.5 Å². The summed E-state index contributed by atoms with van der Waals surface area (Å²) in [7, 11) is 0. The van der Waals surface area contributed by atoms with Crippen molar-refractivity contribution in [1.29, 1.82) is 0 Å². The van der Waals surface area contributed by atoms with E-state index in [2.05, 4.69) is 4.98 Å². The smallest absolute Gasteiger partial charge is 0.277 e. The van der Waals surface area contributed by atoms with Gasteiger partial charge in [0.1, 0.15) is 22.7 Å². The number of carbonyl (C=O) groups excluding carboxylic acids is 1. The van der Waals surface area contributed by atoms with Crippen molar-refractivity contribution in [2.24, 2.45) is 11.0 Å². The molecule has 5 rings (SSSR count). The highest BCUT2D eigenvalue weighted by atomic mass is 35.5. The first-order valence-corrected chi connectivity index (χ1v) is 9.90. The molecule has 1 aliphatic heterocycles. The van der Waals surface area contributed by atoms with Crippen molar-refractivity contribution in [3.05, 3.63) is 82.9 Å². The van der Waals surface area contributed by atoms with E-state index in [1.54, 1.807) is 30.9 Å². The van der Waals surface area contributed by atoms with Crippen LogP contribution in [0.25, 0.3) is 6.08 Å². The van der Waals surface area contributed by atoms with E-state index in [1.807, 2.05) is 30.3 Å². The highest BCUT2D eigenvalue weighted by Gasteiger charge is 2.45. The molecule has 0 N–H and O–H groups in total. The molecule has 1 aliphatic carbocycles. The fraction of sp³-hybridized carbons (Fsp3) is 0.227. The summed E-state index contributed by atoms with van der Waals surface area (Å²) in [5, 5.41) is 6.44. The van der Waals surface area contributed by atoms with E-state index in [0.29, 0.717) is 11.3 Å². The van der Waals surface area contributed by atoms with Gasteiger partial charge in [-0.25, -0.2) is 9.99 Å². The van der Waals surface area contributed by atoms with Gasteiger partial charge in [-0.2, -0.15) is 5.10 Å². The number of pyridine rings is 1. The summed E-state index contributed by atoms with van der Waals surface area (Å²) < 4.78 is 11.2. The van der Waals surface area contributed by atoms with Crippen LogP contribution in [0.2, 0.25) is 5.15 Å². The number of furan rings is 2. The van der Waals surface area contributed by atoms with Crippen LogP contribution >= 0.6 is 11.6 Å². The molecule has 7 heteroatoms. The SMILES string of the molecule is O=C(c1cccnc1Cl)N1N=C2/C(=C\c3ccco3)CCCC2C1c1ccco1. The summed E-state index contributed by atoms with van der Waals surface area (Å²) in [6.45, 7) is 0. The lowest BCUT2D eigenvalue weighted by Gasteiger charge is -2.27. The lowest BCUT2D eigenvalue weighted by Crippen LogP contribution is -2.31. The zero-order valence-electron chi connectivity index (χ0n) is 15.5. The Morgan fingerprint density at radius 3 is 2.79 bits per heavy atom. The van der Waals surface area contributed by atoms with Crippen molar-refractivity contribution in [3.8, 4) is 0 Å². The quantitative estimate of drug-likeness (QED) is 0.548. The highest BCUT2D eigenvalue weighted by Crippen LogP contribution is 2.45. The van der Waals surface area contributed by atoms with Crippen LogP contribution in [0.3, 0.4) is 0 Å². The standard InChI is InChI=1S/C22H18ClN3O3/c23-21-17(8-2-10-24-21)22(27)26-20(18-9-4-12-29-18)16-7-1-5-14(19(16)25-26)13-15-6-3-11-28-15/h2-4,6,8-13,16,20H,1,5,7H2/b14-13-. The van der Waals surface area contributed by atoms with E-state index in [1.165, 1.54) is 5.01 Å². The third-order valence-corrected chi connectivity index (χ3v) is 5.69. The van der Waals surface area contributed by atoms with Crippen molar-refractivity contribution in [2.45, 2.75) is 25.3 Å². The van der Waals surface area contributed by atoms with Gasteiger partial charge >= 0.3 is 0 Å². The van der Waals surface area contributed by atoms with Crippen molar-refractivity contribution >= 4 is 29.3 Å². The molecule has 4 heterocycles. The molecule has 1 amide bonds. The number of halogens is 1. The second-order valence-electron chi connectivity index (χ2n) is 7.12. The Morgan fingerprint density at radius 2 is 2.03 bits per heavy atom. The Labute approximate surface area is 172 Å². The molecule has 3 aromatic heterocycles. The molecule has 3 aromatic rings. The minimum Gasteiger partial charge on any atom is -0.467 e. The Bertz CT molecular complexity index is 1090. The van der Waals surface area contributed by atoms with Gasteiger partial charge in [-0.15, -0.1) is 0 Å². The van der Waals surface area contributed by atoms with Crippen molar-refractivity contribution in [2.75, 3.05) is 0 Å². The summed E-state index contributed by atoms with van der Waals surface area (Å²) in [4.78, 5) is 17.4. The number of nitrogens with zero attached hydrogens (tertiary/aromatic N) is 3. The van der Waals surface area contributed by atoms with Gasteiger partial charge in [0, 0.05) is 12.1 Å². The predicted molar refractivity (Wildman–Crippen MR) is 108 cm³/mol. The number of fused-ring (bicyclic) bond motifs is 1. The first-order valence-electron chi connectivity index (χ1n) is 9.53. The molecule has 0 spiro atoms. The number of hydrogen-bond donors (Lipinski definition) is 0. The Hall–Kier alpha value is -3.12. The molecule has 0 radical (unpaired) electrons. The van der Waals surface area contributed by atoms with E-state index in [0.717, 1.165) is 36.3 Å². The maximum atomic E-state index is 13.4. The predicted octanol–water partition coefficient (Wildman–Crippen LogP) is 5.36. The molecule has 6 nitrogen and oxygen atoms in total. The molecular formula is C22H18ClN3O3. The van der Waals surface area contributed by atoms with Crippen LogP contribution in [0, 0.1) is 5.92 Å². The van der Waals surface area contributed by atoms with E-state index < -0.39 is 0 Å². The molecule has 29 heavy (non-hydrogen) atoms. The number of rotatable bonds is 3. The van der Waals surface area contributed by atoms with E-state index >= 15 is 0 Å². The fourth-order valence-electron chi connectivity index (χ4n) is 4.12. The number of allylic oxidation sites excluding steroid dienone is 1. The lowest BCUT2D eigenvalue weighted by molar-refractivity contribution is 0.0656. The summed E-state index contributed by atoms with van der Waals surface area (Å²) in [6, 6.07) is 10.5. The molecule has 1 fully saturated rings. The number of hydrogen-bond acceptors (Lipinski definition) is 5. The van der Waals surface area contributed by atoms with Gasteiger partial charge in [0.25, 0.3) is 5.91 Å². The molecule has 146 valence electrons. The van der Waals surface area contributed by atoms with Gasteiger partial charge in [-0.3, -0.25) is 4.79 Å². The van der Waals surface area contributed by atoms with Gasteiger partial charge in [-0.05, 0) is 67.3 Å². The van der Waals surface area contributed by atoms with E-state index in [9.17, 15) is 4.79 Å².